The lowest BCUT2D eigenvalue weighted by Crippen LogP contribution is -2.45. The molecule has 2 N–H and O–H groups in total. The van der Waals surface area contributed by atoms with E-state index in [-0.39, 0.29) is 0 Å². The first-order chi connectivity index (χ1) is 8.36. The van der Waals surface area contributed by atoms with Gasteiger partial charge in [0.2, 0.25) is 0 Å². The Morgan fingerprint density at radius 2 is 2.18 bits per heavy atom. The fourth-order valence-corrected chi connectivity index (χ4v) is 2.96. The first kappa shape index (κ1) is 12.4. The first-order valence-electron chi connectivity index (χ1n) is 6.74. The van der Waals surface area contributed by atoms with Crippen LogP contribution in [0.3, 0.4) is 0 Å². The molecule has 2 unspecified atom stereocenters. The normalized spacial score (nSPS) is 24.6. The quantitative estimate of drug-likeness (QED) is 0.868. The average Bonchev–Trinajstić information content (AvgIpc) is 2.41. The molecule has 1 aromatic rings. The Morgan fingerprint density at radius 3 is 2.82 bits per heavy atom. The maximum atomic E-state index is 5.92. The maximum Gasteiger partial charge on any atom is 0.128 e. The van der Waals surface area contributed by atoms with Gasteiger partial charge in [-0.05, 0) is 44.4 Å². The number of anilines is 1. The standard InChI is InChI=1S/C14H23N3/c1-2-17(14-9-5-6-10-16-14)13-8-4-3-7-12(13)11-15/h5-6,9-10,12-13H,2-4,7-8,11,15H2,1H3. The molecule has 1 aliphatic carbocycles. The zero-order valence-corrected chi connectivity index (χ0v) is 10.7. The van der Waals surface area contributed by atoms with Gasteiger partial charge < -0.3 is 10.6 Å². The van der Waals surface area contributed by atoms with Gasteiger partial charge in [0.15, 0.2) is 0 Å². The number of hydrogen-bond acceptors (Lipinski definition) is 3. The number of nitrogens with zero attached hydrogens (tertiary/aromatic N) is 2. The van der Waals surface area contributed by atoms with Crippen molar-refractivity contribution >= 4 is 5.82 Å². The van der Waals surface area contributed by atoms with Crippen LogP contribution in [0.5, 0.6) is 0 Å². The molecule has 17 heavy (non-hydrogen) atoms. The summed E-state index contributed by atoms with van der Waals surface area (Å²) in [6, 6.07) is 6.71. The molecule has 1 heterocycles. The van der Waals surface area contributed by atoms with Crippen LogP contribution in [0.4, 0.5) is 5.82 Å². The van der Waals surface area contributed by atoms with Gasteiger partial charge in [0.1, 0.15) is 5.82 Å². The van der Waals surface area contributed by atoms with Crippen LogP contribution in [-0.4, -0.2) is 24.1 Å². The van der Waals surface area contributed by atoms with Crippen molar-refractivity contribution in [3.05, 3.63) is 24.4 Å². The third kappa shape index (κ3) is 2.78. The van der Waals surface area contributed by atoms with E-state index in [0.717, 1.165) is 18.9 Å². The molecule has 0 bridgehead atoms. The van der Waals surface area contributed by atoms with Gasteiger partial charge in [-0.1, -0.05) is 18.9 Å². The number of aromatic nitrogens is 1. The predicted molar refractivity (Wildman–Crippen MR) is 72.1 cm³/mol. The summed E-state index contributed by atoms with van der Waals surface area (Å²) in [5.41, 5.74) is 5.92. The number of hydrogen-bond donors (Lipinski definition) is 1. The predicted octanol–water partition coefficient (Wildman–Crippen LogP) is 2.43. The number of nitrogens with two attached hydrogens (primary N) is 1. The lowest BCUT2D eigenvalue weighted by Gasteiger charge is -2.39. The largest absolute Gasteiger partial charge is 0.354 e. The van der Waals surface area contributed by atoms with Crippen LogP contribution in [0.1, 0.15) is 32.6 Å². The molecule has 0 aliphatic heterocycles. The van der Waals surface area contributed by atoms with Gasteiger partial charge in [0, 0.05) is 18.8 Å². The summed E-state index contributed by atoms with van der Waals surface area (Å²) < 4.78 is 0. The third-order valence-corrected chi connectivity index (χ3v) is 3.86. The van der Waals surface area contributed by atoms with Crippen molar-refractivity contribution in [2.45, 2.75) is 38.6 Å². The molecule has 1 saturated carbocycles. The maximum absolute atomic E-state index is 5.92. The molecule has 1 aromatic heterocycles. The molecule has 0 radical (unpaired) electrons. The van der Waals surface area contributed by atoms with Gasteiger partial charge in [0.25, 0.3) is 0 Å². The molecule has 0 spiro atoms. The van der Waals surface area contributed by atoms with E-state index in [2.05, 4.69) is 28.9 Å². The second kappa shape index (κ2) is 6.01. The van der Waals surface area contributed by atoms with Crippen molar-refractivity contribution in [3.8, 4) is 0 Å². The van der Waals surface area contributed by atoms with Gasteiger partial charge >= 0.3 is 0 Å². The highest BCUT2D eigenvalue weighted by molar-refractivity contribution is 5.39. The SMILES string of the molecule is CCN(c1ccccn1)C1CCCCC1CN. The van der Waals surface area contributed by atoms with Gasteiger partial charge in [-0.25, -0.2) is 4.98 Å². The summed E-state index contributed by atoms with van der Waals surface area (Å²) in [6.45, 7) is 4.02. The van der Waals surface area contributed by atoms with Crippen molar-refractivity contribution in [3.63, 3.8) is 0 Å². The molecule has 2 rings (SSSR count). The highest BCUT2D eigenvalue weighted by Gasteiger charge is 2.29. The minimum atomic E-state index is 0.577. The lowest BCUT2D eigenvalue weighted by molar-refractivity contribution is 0.299. The van der Waals surface area contributed by atoms with Crippen molar-refractivity contribution in [2.24, 2.45) is 11.7 Å². The van der Waals surface area contributed by atoms with Crippen molar-refractivity contribution in [1.29, 1.82) is 0 Å². The molecule has 3 heteroatoms. The highest BCUT2D eigenvalue weighted by Crippen LogP contribution is 2.30. The molecule has 0 amide bonds. The Bertz CT molecular complexity index is 325. The van der Waals surface area contributed by atoms with Crippen LogP contribution in [0.2, 0.25) is 0 Å². The summed E-state index contributed by atoms with van der Waals surface area (Å²) in [5.74, 6) is 1.73. The topological polar surface area (TPSA) is 42.2 Å². The van der Waals surface area contributed by atoms with E-state index in [1.165, 1.54) is 25.7 Å². The van der Waals surface area contributed by atoms with Gasteiger partial charge in [-0.2, -0.15) is 0 Å². The van der Waals surface area contributed by atoms with Gasteiger partial charge in [-0.15, -0.1) is 0 Å². The molecule has 1 aliphatic rings. The van der Waals surface area contributed by atoms with Gasteiger partial charge in [0.05, 0.1) is 0 Å². The molecule has 1 fully saturated rings. The molecule has 0 saturated heterocycles. The van der Waals surface area contributed by atoms with Crippen molar-refractivity contribution in [1.82, 2.24) is 4.98 Å². The third-order valence-electron chi connectivity index (χ3n) is 3.86. The van der Waals surface area contributed by atoms with E-state index >= 15 is 0 Å². The van der Waals surface area contributed by atoms with Gasteiger partial charge in [-0.3, -0.25) is 0 Å². The molecular formula is C14H23N3. The highest BCUT2D eigenvalue weighted by atomic mass is 15.2. The van der Waals surface area contributed by atoms with Crippen LogP contribution in [-0.2, 0) is 0 Å². The van der Waals surface area contributed by atoms with Crippen LogP contribution < -0.4 is 10.6 Å². The van der Waals surface area contributed by atoms with E-state index in [9.17, 15) is 0 Å². The number of pyridine rings is 1. The minimum Gasteiger partial charge on any atom is -0.354 e. The van der Waals surface area contributed by atoms with E-state index in [0.29, 0.717) is 12.0 Å². The Morgan fingerprint density at radius 1 is 1.35 bits per heavy atom. The van der Waals surface area contributed by atoms with E-state index < -0.39 is 0 Å². The smallest absolute Gasteiger partial charge is 0.128 e. The van der Waals surface area contributed by atoms with Crippen LogP contribution in [0.15, 0.2) is 24.4 Å². The first-order valence-corrected chi connectivity index (χ1v) is 6.74. The Kier molecular flexibility index (Phi) is 4.37. The molecule has 3 nitrogen and oxygen atoms in total. The zero-order chi connectivity index (χ0) is 12.1. The molecule has 2 atom stereocenters. The lowest BCUT2D eigenvalue weighted by atomic mass is 9.83. The van der Waals surface area contributed by atoms with Crippen LogP contribution in [0.25, 0.3) is 0 Å². The Hall–Kier alpha value is -1.09. The van der Waals surface area contributed by atoms with E-state index in [1.54, 1.807) is 0 Å². The zero-order valence-electron chi connectivity index (χ0n) is 10.7. The molecule has 94 valence electrons. The van der Waals surface area contributed by atoms with Crippen molar-refractivity contribution in [2.75, 3.05) is 18.0 Å². The number of rotatable bonds is 4. The van der Waals surface area contributed by atoms with Crippen LogP contribution >= 0.6 is 0 Å². The molecule has 0 aromatic carbocycles. The summed E-state index contributed by atoms with van der Waals surface area (Å²) >= 11 is 0. The summed E-state index contributed by atoms with van der Waals surface area (Å²) in [4.78, 5) is 6.91. The second-order valence-corrected chi connectivity index (χ2v) is 4.82. The summed E-state index contributed by atoms with van der Waals surface area (Å²) in [5, 5.41) is 0. The fraction of sp³-hybridized carbons (Fsp3) is 0.643. The minimum absolute atomic E-state index is 0.577. The second-order valence-electron chi connectivity index (χ2n) is 4.82. The fourth-order valence-electron chi connectivity index (χ4n) is 2.96. The van der Waals surface area contributed by atoms with Crippen LogP contribution in [0, 0.1) is 5.92 Å². The monoisotopic (exact) mass is 233 g/mol. The summed E-state index contributed by atoms with van der Waals surface area (Å²) in [6.07, 6.45) is 7.05. The Labute approximate surface area is 104 Å². The Balaban J connectivity index is 2.16. The van der Waals surface area contributed by atoms with Crippen molar-refractivity contribution < 1.29 is 0 Å². The summed E-state index contributed by atoms with van der Waals surface area (Å²) in [7, 11) is 0. The van der Waals surface area contributed by atoms with E-state index in [1.807, 2.05) is 12.3 Å². The molecular weight excluding hydrogens is 210 g/mol. The average molecular weight is 233 g/mol. The van der Waals surface area contributed by atoms with E-state index in [4.69, 9.17) is 5.73 Å².